The fourth-order valence-electron chi connectivity index (χ4n) is 4.82. The first-order chi connectivity index (χ1) is 19.7. The van der Waals surface area contributed by atoms with E-state index in [2.05, 4.69) is 43.8 Å². The summed E-state index contributed by atoms with van der Waals surface area (Å²) >= 11 is 0. The van der Waals surface area contributed by atoms with Crippen LogP contribution in [-0.2, 0) is 17.9 Å². The summed E-state index contributed by atoms with van der Waals surface area (Å²) in [6.07, 6.45) is 4.09. The van der Waals surface area contributed by atoms with Gasteiger partial charge in [-0.3, -0.25) is 4.84 Å². The lowest BCUT2D eigenvalue weighted by Crippen LogP contribution is -2.33. The Labute approximate surface area is 232 Å². The summed E-state index contributed by atoms with van der Waals surface area (Å²) < 4.78 is 5.54. The summed E-state index contributed by atoms with van der Waals surface area (Å²) in [7, 11) is 1.65. The maximum Gasteiger partial charge on any atom is 0.346 e. The number of rotatable bonds is 5. The number of carbonyl (C=O) groups excluding carboxylic acids is 1. The molecule has 0 unspecified atom stereocenters. The molecule has 2 amide bonds. The summed E-state index contributed by atoms with van der Waals surface area (Å²) in [4.78, 5) is 27.4. The van der Waals surface area contributed by atoms with E-state index in [-0.39, 0.29) is 12.1 Å². The Morgan fingerprint density at radius 1 is 1.00 bits per heavy atom. The third-order valence-electron chi connectivity index (χ3n) is 6.81. The van der Waals surface area contributed by atoms with E-state index < -0.39 is 0 Å². The van der Waals surface area contributed by atoms with E-state index in [1.54, 1.807) is 19.5 Å². The van der Waals surface area contributed by atoms with Crippen molar-refractivity contribution in [3.05, 3.63) is 107 Å². The molecule has 2 aliphatic rings. The number of urea groups is 1. The molecule has 1 atom stereocenters. The van der Waals surface area contributed by atoms with E-state index in [0.717, 1.165) is 42.1 Å². The van der Waals surface area contributed by atoms with Crippen LogP contribution < -0.4 is 20.7 Å². The molecule has 1 saturated heterocycles. The third-order valence-corrected chi connectivity index (χ3v) is 6.81. The first-order valence-corrected chi connectivity index (χ1v) is 13.1. The summed E-state index contributed by atoms with van der Waals surface area (Å²) in [5, 5.41) is 10.9. The molecule has 4 aromatic rings. The van der Waals surface area contributed by atoms with Gasteiger partial charge >= 0.3 is 6.03 Å². The molecule has 6 rings (SSSR count). The Morgan fingerprint density at radius 2 is 1.77 bits per heavy atom. The fraction of sp³-hybridized carbons (Fsp3) is 0.194. The van der Waals surface area contributed by atoms with Crippen molar-refractivity contribution in [2.45, 2.75) is 25.6 Å². The van der Waals surface area contributed by atoms with Gasteiger partial charge in [-0.25, -0.2) is 14.8 Å². The average Bonchev–Trinajstić information content (AvgIpc) is 3.67. The van der Waals surface area contributed by atoms with Crippen LogP contribution in [0.2, 0.25) is 0 Å². The van der Waals surface area contributed by atoms with E-state index in [0.29, 0.717) is 23.8 Å². The highest BCUT2D eigenvalue weighted by Crippen LogP contribution is 2.32. The Bertz CT molecular complexity index is 1580. The lowest BCUT2D eigenvalue weighted by molar-refractivity contribution is -0.0829. The molecule has 1 aromatic heterocycles. The molecule has 200 valence electrons. The molecule has 3 N–H and O–H groups in total. The molecule has 0 aliphatic carbocycles. The van der Waals surface area contributed by atoms with Crippen molar-refractivity contribution >= 4 is 23.4 Å². The standard InChI is InChI=1S/C31H28N6O3/c1-39-29-16-25-20-32-19-24(25)15-27(29)36-30-33-17-22(18-34-30)11-10-21-6-5-9-26(14-21)35-31(38)37-28(12-13-40-37)23-7-3-2-4-8-23/h2-9,14-18,28,32H,12-13,19-20H2,1H3,(H,35,38)(H,33,34,36)/t28-/m0/s1. The minimum absolute atomic E-state index is 0.123. The van der Waals surface area contributed by atoms with Gasteiger partial charge in [-0.15, -0.1) is 0 Å². The smallest absolute Gasteiger partial charge is 0.346 e. The van der Waals surface area contributed by atoms with E-state index in [1.165, 1.54) is 16.2 Å². The third kappa shape index (κ3) is 5.59. The highest BCUT2D eigenvalue weighted by Gasteiger charge is 2.31. The van der Waals surface area contributed by atoms with Crippen LogP contribution >= 0.6 is 0 Å². The highest BCUT2D eigenvalue weighted by molar-refractivity contribution is 5.89. The Balaban J connectivity index is 1.11. The van der Waals surface area contributed by atoms with Gasteiger partial charge in [-0.2, -0.15) is 5.06 Å². The Morgan fingerprint density at radius 3 is 2.58 bits per heavy atom. The van der Waals surface area contributed by atoms with Gasteiger partial charge in [0, 0.05) is 43.2 Å². The predicted octanol–water partition coefficient (Wildman–Crippen LogP) is 5.14. The van der Waals surface area contributed by atoms with Gasteiger partial charge < -0.3 is 20.7 Å². The number of carbonyl (C=O) groups is 1. The summed E-state index contributed by atoms with van der Waals surface area (Å²) in [5.41, 5.74) is 6.37. The minimum Gasteiger partial charge on any atom is -0.495 e. The maximum atomic E-state index is 13.0. The molecule has 0 saturated carbocycles. The molecule has 0 radical (unpaired) electrons. The molecule has 9 heteroatoms. The van der Waals surface area contributed by atoms with Crippen molar-refractivity contribution < 1.29 is 14.4 Å². The molecular formula is C31H28N6O3. The molecule has 1 fully saturated rings. The van der Waals surface area contributed by atoms with E-state index in [1.807, 2.05) is 60.7 Å². The van der Waals surface area contributed by atoms with Gasteiger partial charge in [0.1, 0.15) is 5.75 Å². The largest absolute Gasteiger partial charge is 0.495 e. The van der Waals surface area contributed by atoms with Gasteiger partial charge in [0.25, 0.3) is 0 Å². The quantitative estimate of drug-likeness (QED) is 0.306. The monoisotopic (exact) mass is 532 g/mol. The van der Waals surface area contributed by atoms with Crippen LogP contribution in [0.1, 0.15) is 40.3 Å². The number of hydrogen-bond donors (Lipinski definition) is 3. The average molecular weight is 533 g/mol. The molecule has 0 bridgehead atoms. The number of benzene rings is 3. The number of nitrogens with one attached hydrogen (secondary N) is 3. The molecular weight excluding hydrogens is 504 g/mol. The van der Waals surface area contributed by atoms with Crippen molar-refractivity contribution in [1.29, 1.82) is 0 Å². The first kappa shape index (κ1) is 25.4. The van der Waals surface area contributed by atoms with Crippen LogP contribution in [-0.4, -0.2) is 34.8 Å². The van der Waals surface area contributed by atoms with Crippen LogP contribution in [0.3, 0.4) is 0 Å². The van der Waals surface area contributed by atoms with E-state index in [9.17, 15) is 4.79 Å². The van der Waals surface area contributed by atoms with E-state index in [4.69, 9.17) is 9.57 Å². The van der Waals surface area contributed by atoms with Gasteiger partial charge in [-0.05, 0) is 47.0 Å². The van der Waals surface area contributed by atoms with Crippen molar-refractivity contribution in [1.82, 2.24) is 20.3 Å². The van der Waals surface area contributed by atoms with Crippen molar-refractivity contribution in [3.63, 3.8) is 0 Å². The van der Waals surface area contributed by atoms with Gasteiger partial charge in [0.15, 0.2) is 0 Å². The molecule has 0 spiro atoms. The number of nitrogens with zero attached hydrogens (tertiary/aromatic N) is 3. The lowest BCUT2D eigenvalue weighted by atomic mass is 10.1. The van der Waals surface area contributed by atoms with Crippen LogP contribution in [0.25, 0.3) is 0 Å². The number of anilines is 3. The number of aromatic nitrogens is 2. The number of fused-ring (bicyclic) bond motifs is 1. The van der Waals surface area contributed by atoms with Crippen LogP contribution in [0.5, 0.6) is 5.75 Å². The Hall–Kier alpha value is -4.91. The summed E-state index contributed by atoms with van der Waals surface area (Å²) in [6.45, 7) is 2.16. The molecule has 2 aliphatic heterocycles. The van der Waals surface area contributed by atoms with Crippen molar-refractivity contribution in [2.24, 2.45) is 0 Å². The van der Waals surface area contributed by atoms with Crippen molar-refractivity contribution in [2.75, 3.05) is 24.4 Å². The molecule has 9 nitrogen and oxygen atoms in total. The summed E-state index contributed by atoms with van der Waals surface area (Å²) in [5.74, 6) is 7.41. The SMILES string of the molecule is COc1cc2c(cc1Nc1ncc(C#Cc3cccc(NC(=O)N4OCC[C@H]4c4ccccc4)c3)cn1)CNC2. The van der Waals surface area contributed by atoms with Gasteiger partial charge in [-0.1, -0.05) is 48.2 Å². The topological polar surface area (TPSA) is 101 Å². The van der Waals surface area contributed by atoms with Gasteiger partial charge in [0.2, 0.25) is 5.95 Å². The zero-order chi connectivity index (χ0) is 27.3. The van der Waals surface area contributed by atoms with Crippen LogP contribution in [0.4, 0.5) is 22.1 Å². The number of methoxy groups -OCH3 is 1. The van der Waals surface area contributed by atoms with Gasteiger partial charge in [0.05, 0.1) is 31.0 Å². The normalized spacial score (nSPS) is 15.6. The number of amides is 2. The maximum absolute atomic E-state index is 13.0. The number of hydroxylamine groups is 2. The van der Waals surface area contributed by atoms with Crippen LogP contribution in [0.15, 0.2) is 79.1 Å². The number of hydrogen-bond acceptors (Lipinski definition) is 7. The minimum atomic E-state index is -0.316. The molecule has 40 heavy (non-hydrogen) atoms. The van der Waals surface area contributed by atoms with Crippen LogP contribution in [0, 0.1) is 11.8 Å². The van der Waals surface area contributed by atoms with Crippen molar-refractivity contribution in [3.8, 4) is 17.6 Å². The fourth-order valence-corrected chi connectivity index (χ4v) is 4.82. The molecule has 3 aromatic carbocycles. The second-order valence-corrected chi connectivity index (χ2v) is 9.48. The second kappa shape index (κ2) is 11.5. The highest BCUT2D eigenvalue weighted by atomic mass is 16.7. The second-order valence-electron chi connectivity index (χ2n) is 9.48. The first-order valence-electron chi connectivity index (χ1n) is 13.1. The predicted molar refractivity (Wildman–Crippen MR) is 152 cm³/mol. The van der Waals surface area contributed by atoms with E-state index >= 15 is 0 Å². The summed E-state index contributed by atoms with van der Waals surface area (Å²) in [6, 6.07) is 20.9. The zero-order valence-corrected chi connectivity index (χ0v) is 22.0. The number of ether oxygens (including phenoxy) is 1. The molecule has 3 heterocycles. The lowest BCUT2D eigenvalue weighted by Gasteiger charge is -2.23. The Kier molecular flexibility index (Phi) is 7.26. The zero-order valence-electron chi connectivity index (χ0n) is 22.0.